The van der Waals surface area contributed by atoms with E-state index in [1.807, 2.05) is 6.07 Å². The first kappa shape index (κ1) is 13.6. The Labute approximate surface area is 120 Å². The molecule has 1 aromatic carbocycles. The van der Waals surface area contributed by atoms with Crippen molar-refractivity contribution in [3.8, 4) is 0 Å². The molecule has 1 aromatic rings. The highest BCUT2D eigenvalue weighted by atomic mass is 16.4. The third kappa shape index (κ3) is 2.88. The number of carboxylic acid groups (broad SMARTS) is 1. The molecule has 0 bridgehead atoms. The van der Waals surface area contributed by atoms with Gasteiger partial charge >= 0.3 is 5.97 Å². The topological polar surface area (TPSA) is 40.5 Å². The van der Waals surface area contributed by atoms with Crippen molar-refractivity contribution in [1.29, 1.82) is 0 Å². The summed E-state index contributed by atoms with van der Waals surface area (Å²) in [6.45, 7) is 1.74. The van der Waals surface area contributed by atoms with Gasteiger partial charge < -0.3 is 5.11 Å². The molecule has 0 spiro atoms. The van der Waals surface area contributed by atoms with E-state index in [0.29, 0.717) is 12.3 Å². The van der Waals surface area contributed by atoms with Gasteiger partial charge in [0, 0.05) is 13.1 Å². The first-order valence-corrected chi connectivity index (χ1v) is 7.77. The van der Waals surface area contributed by atoms with Crippen LogP contribution >= 0.6 is 0 Å². The summed E-state index contributed by atoms with van der Waals surface area (Å²) in [6.07, 6.45) is 7.16. The van der Waals surface area contributed by atoms with Crippen molar-refractivity contribution in [3.05, 3.63) is 35.4 Å². The van der Waals surface area contributed by atoms with Crippen molar-refractivity contribution in [3.63, 3.8) is 0 Å². The fraction of sp³-hybridized carbons (Fsp3) is 0.588. The zero-order chi connectivity index (χ0) is 13.9. The molecule has 1 unspecified atom stereocenters. The number of rotatable bonds is 3. The molecule has 1 aliphatic carbocycles. The minimum atomic E-state index is -0.671. The summed E-state index contributed by atoms with van der Waals surface area (Å²) < 4.78 is 0. The van der Waals surface area contributed by atoms with Crippen LogP contribution in [0.5, 0.6) is 0 Å². The molecule has 0 radical (unpaired) electrons. The van der Waals surface area contributed by atoms with Gasteiger partial charge in [0.15, 0.2) is 0 Å². The molecule has 1 fully saturated rings. The van der Waals surface area contributed by atoms with Crippen molar-refractivity contribution in [1.82, 2.24) is 4.90 Å². The van der Waals surface area contributed by atoms with E-state index in [1.165, 1.54) is 43.2 Å². The molecule has 1 saturated carbocycles. The number of benzene rings is 1. The summed E-state index contributed by atoms with van der Waals surface area (Å²) in [5.41, 5.74) is 2.51. The zero-order valence-corrected chi connectivity index (χ0v) is 11.9. The minimum absolute atomic E-state index is 0.341. The molecule has 20 heavy (non-hydrogen) atoms. The van der Waals surface area contributed by atoms with Gasteiger partial charge in [-0.2, -0.15) is 0 Å². The van der Waals surface area contributed by atoms with Gasteiger partial charge in [-0.25, -0.2) is 0 Å². The van der Waals surface area contributed by atoms with Gasteiger partial charge in [-0.05, 0) is 36.3 Å². The summed E-state index contributed by atoms with van der Waals surface area (Å²) in [5, 5.41) is 9.52. The number of aliphatic carboxylic acids is 1. The van der Waals surface area contributed by atoms with Crippen LogP contribution in [0, 0.1) is 5.92 Å². The first-order valence-electron chi connectivity index (χ1n) is 7.77. The molecule has 0 saturated heterocycles. The molecular weight excluding hydrogens is 250 g/mol. The average molecular weight is 273 g/mol. The largest absolute Gasteiger partial charge is 0.480 e. The van der Waals surface area contributed by atoms with Crippen LogP contribution in [0.1, 0.15) is 43.2 Å². The van der Waals surface area contributed by atoms with Crippen LogP contribution in [0.4, 0.5) is 0 Å². The Morgan fingerprint density at radius 3 is 2.55 bits per heavy atom. The maximum atomic E-state index is 11.6. The SMILES string of the molecule is O=C(O)C1Cc2ccccc2CN1CC1CCCCC1. The number of carbonyl (C=O) groups is 1. The fourth-order valence-electron chi connectivity index (χ4n) is 3.71. The average Bonchev–Trinajstić information content (AvgIpc) is 2.47. The number of hydrogen-bond donors (Lipinski definition) is 1. The molecule has 3 nitrogen and oxygen atoms in total. The molecular formula is C17H23NO2. The Kier molecular flexibility index (Phi) is 4.06. The highest BCUT2D eigenvalue weighted by molar-refractivity contribution is 5.74. The van der Waals surface area contributed by atoms with E-state index in [1.54, 1.807) is 0 Å². The monoisotopic (exact) mass is 273 g/mol. The van der Waals surface area contributed by atoms with Gasteiger partial charge in [0.2, 0.25) is 0 Å². The maximum Gasteiger partial charge on any atom is 0.321 e. The molecule has 1 N–H and O–H groups in total. The number of hydrogen-bond acceptors (Lipinski definition) is 2. The van der Waals surface area contributed by atoms with Crippen LogP contribution < -0.4 is 0 Å². The fourth-order valence-corrected chi connectivity index (χ4v) is 3.71. The molecule has 2 aliphatic rings. The number of carboxylic acids is 1. The van der Waals surface area contributed by atoms with Crippen LogP contribution in [0.2, 0.25) is 0 Å². The summed E-state index contributed by atoms with van der Waals surface area (Å²) in [5.74, 6) is 0.0196. The van der Waals surface area contributed by atoms with E-state index in [0.717, 1.165) is 13.1 Å². The summed E-state index contributed by atoms with van der Waals surface area (Å²) >= 11 is 0. The van der Waals surface area contributed by atoms with Crippen molar-refractivity contribution in [2.24, 2.45) is 5.92 Å². The predicted octanol–water partition coefficient (Wildman–Crippen LogP) is 3.08. The molecule has 1 aliphatic heterocycles. The van der Waals surface area contributed by atoms with Crippen LogP contribution in [-0.2, 0) is 17.8 Å². The van der Waals surface area contributed by atoms with Crippen molar-refractivity contribution in [2.45, 2.75) is 51.1 Å². The van der Waals surface area contributed by atoms with Crippen LogP contribution in [0.3, 0.4) is 0 Å². The lowest BCUT2D eigenvalue weighted by Crippen LogP contribution is -2.47. The summed E-state index contributed by atoms with van der Waals surface area (Å²) in [4.78, 5) is 13.8. The van der Waals surface area contributed by atoms with Crippen LogP contribution in [-0.4, -0.2) is 28.6 Å². The van der Waals surface area contributed by atoms with Crippen molar-refractivity contribution in [2.75, 3.05) is 6.54 Å². The Balaban J connectivity index is 1.75. The van der Waals surface area contributed by atoms with Gasteiger partial charge in [0.25, 0.3) is 0 Å². The quantitative estimate of drug-likeness (QED) is 0.920. The lowest BCUT2D eigenvalue weighted by Gasteiger charge is -2.37. The standard InChI is InChI=1S/C17H23NO2/c19-17(20)16-10-14-8-4-5-9-15(14)12-18(16)11-13-6-2-1-3-7-13/h4-5,8-9,13,16H,1-3,6-7,10-12H2,(H,19,20). The Morgan fingerprint density at radius 1 is 1.15 bits per heavy atom. The van der Waals surface area contributed by atoms with Crippen molar-refractivity contribution < 1.29 is 9.90 Å². The maximum absolute atomic E-state index is 11.6. The summed E-state index contributed by atoms with van der Waals surface area (Å²) in [6, 6.07) is 7.93. The molecule has 1 heterocycles. The van der Waals surface area contributed by atoms with Gasteiger partial charge in [-0.15, -0.1) is 0 Å². The predicted molar refractivity (Wildman–Crippen MR) is 78.6 cm³/mol. The molecule has 0 amide bonds. The lowest BCUT2D eigenvalue weighted by molar-refractivity contribution is -0.144. The van der Waals surface area contributed by atoms with E-state index < -0.39 is 5.97 Å². The van der Waals surface area contributed by atoms with Crippen LogP contribution in [0.25, 0.3) is 0 Å². The molecule has 0 aromatic heterocycles. The van der Waals surface area contributed by atoms with E-state index in [9.17, 15) is 9.90 Å². The number of nitrogens with zero attached hydrogens (tertiary/aromatic N) is 1. The molecule has 1 atom stereocenters. The van der Waals surface area contributed by atoms with Gasteiger partial charge in [0.1, 0.15) is 6.04 Å². The second-order valence-electron chi connectivity index (χ2n) is 6.26. The normalized spacial score (nSPS) is 24.3. The molecule has 3 rings (SSSR count). The van der Waals surface area contributed by atoms with E-state index in [4.69, 9.17) is 0 Å². The van der Waals surface area contributed by atoms with Crippen LogP contribution in [0.15, 0.2) is 24.3 Å². The van der Waals surface area contributed by atoms with E-state index >= 15 is 0 Å². The highest BCUT2D eigenvalue weighted by Crippen LogP contribution is 2.29. The third-order valence-electron chi connectivity index (χ3n) is 4.85. The molecule has 108 valence electrons. The van der Waals surface area contributed by atoms with E-state index in [-0.39, 0.29) is 6.04 Å². The lowest BCUT2D eigenvalue weighted by atomic mass is 9.87. The zero-order valence-electron chi connectivity index (χ0n) is 11.9. The minimum Gasteiger partial charge on any atom is -0.480 e. The first-order chi connectivity index (χ1) is 9.74. The van der Waals surface area contributed by atoms with Crippen molar-refractivity contribution >= 4 is 5.97 Å². The highest BCUT2D eigenvalue weighted by Gasteiger charge is 2.32. The Hall–Kier alpha value is -1.35. The second-order valence-corrected chi connectivity index (χ2v) is 6.26. The van der Waals surface area contributed by atoms with Gasteiger partial charge in [0.05, 0.1) is 0 Å². The van der Waals surface area contributed by atoms with Gasteiger partial charge in [-0.3, -0.25) is 9.69 Å². The second kappa shape index (κ2) is 5.96. The Bertz CT molecular complexity index is 480. The smallest absolute Gasteiger partial charge is 0.321 e. The third-order valence-corrected chi connectivity index (χ3v) is 4.85. The van der Waals surface area contributed by atoms with E-state index in [2.05, 4.69) is 23.1 Å². The van der Waals surface area contributed by atoms with Gasteiger partial charge in [-0.1, -0.05) is 43.5 Å². The Morgan fingerprint density at radius 2 is 1.85 bits per heavy atom. The number of fused-ring (bicyclic) bond motifs is 1. The summed E-state index contributed by atoms with van der Waals surface area (Å²) in [7, 11) is 0. The molecule has 3 heteroatoms.